The molecule has 2 aromatic carbocycles. The van der Waals surface area contributed by atoms with Crippen LogP contribution in [0.4, 0.5) is 10.1 Å². The number of carbonyl (C=O) groups is 1. The molecule has 108 valence electrons. The van der Waals surface area contributed by atoms with E-state index >= 15 is 0 Å². The fourth-order valence-corrected chi connectivity index (χ4v) is 2.16. The molecule has 0 unspecified atom stereocenters. The minimum Gasteiger partial charge on any atom is -0.484 e. The van der Waals surface area contributed by atoms with Gasteiger partial charge in [0.2, 0.25) is 0 Å². The van der Waals surface area contributed by atoms with Gasteiger partial charge in [-0.3, -0.25) is 14.9 Å². The van der Waals surface area contributed by atoms with Gasteiger partial charge in [0.25, 0.3) is 5.69 Å². The van der Waals surface area contributed by atoms with Gasteiger partial charge >= 0.3 is 0 Å². The summed E-state index contributed by atoms with van der Waals surface area (Å²) in [7, 11) is 0. The Hall–Kier alpha value is -2.28. The van der Waals surface area contributed by atoms with Gasteiger partial charge in [0.05, 0.1) is 4.92 Å². The molecule has 0 aliphatic carbocycles. The molecule has 0 spiro atoms. The summed E-state index contributed by atoms with van der Waals surface area (Å²) in [5.41, 5.74) is 0.0160. The Kier molecular flexibility index (Phi) is 4.64. The molecule has 21 heavy (non-hydrogen) atoms. The van der Waals surface area contributed by atoms with Crippen molar-refractivity contribution in [3.05, 3.63) is 68.4 Å². The summed E-state index contributed by atoms with van der Waals surface area (Å²) in [6, 6.07) is 9.48. The smallest absolute Gasteiger partial charge is 0.287 e. The number of nitro benzene ring substituents is 1. The van der Waals surface area contributed by atoms with Crippen LogP contribution in [0.5, 0.6) is 5.75 Å². The van der Waals surface area contributed by atoms with Crippen molar-refractivity contribution < 1.29 is 18.8 Å². The normalized spacial score (nSPS) is 10.2. The average molecular weight is 354 g/mol. The molecule has 0 aliphatic rings. The van der Waals surface area contributed by atoms with E-state index in [1.54, 1.807) is 0 Å². The largest absolute Gasteiger partial charge is 0.484 e. The molecule has 2 rings (SSSR count). The minimum absolute atomic E-state index is 0.155. The minimum atomic E-state index is -0.564. The van der Waals surface area contributed by atoms with Gasteiger partial charge in [-0.1, -0.05) is 18.2 Å². The number of nitrogens with zero attached hydrogens (tertiary/aromatic N) is 1. The van der Waals surface area contributed by atoms with Crippen LogP contribution in [0.3, 0.4) is 0 Å². The lowest BCUT2D eigenvalue weighted by Gasteiger charge is -2.07. The van der Waals surface area contributed by atoms with Crippen molar-refractivity contribution in [3.8, 4) is 5.75 Å². The van der Waals surface area contributed by atoms with E-state index in [2.05, 4.69) is 15.9 Å². The van der Waals surface area contributed by atoms with Gasteiger partial charge in [0, 0.05) is 11.6 Å². The fraction of sp³-hybridized carbons (Fsp3) is 0.0714. The van der Waals surface area contributed by atoms with Gasteiger partial charge < -0.3 is 4.74 Å². The molecule has 7 heteroatoms. The number of ether oxygens (including phenoxy) is 1. The Bertz CT molecular complexity index is 705. The van der Waals surface area contributed by atoms with Crippen LogP contribution in [0.25, 0.3) is 0 Å². The Morgan fingerprint density at radius 1 is 1.29 bits per heavy atom. The van der Waals surface area contributed by atoms with Crippen molar-refractivity contribution in [2.45, 2.75) is 0 Å². The lowest BCUT2D eigenvalue weighted by molar-refractivity contribution is -0.385. The van der Waals surface area contributed by atoms with Crippen molar-refractivity contribution in [1.82, 2.24) is 0 Å². The highest BCUT2D eigenvalue weighted by molar-refractivity contribution is 9.10. The summed E-state index contributed by atoms with van der Waals surface area (Å²) in [6.07, 6.45) is 0. The number of hydrogen-bond acceptors (Lipinski definition) is 4. The Morgan fingerprint density at radius 3 is 2.67 bits per heavy atom. The van der Waals surface area contributed by atoms with E-state index in [0.29, 0.717) is 0 Å². The highest BCUT2D eigenvalue weighted by Gasteiger charge is 2.17. The first kappa shape index (κ1) is 15.1. The topological polar surface area (TPSA) is 69.4 Å². The Balaban J connectivity index is 2.12. The second-order valence-corrected chi connectivity index (χ2v) is 4.86. The summed E-state index contributed by atoms with van der Waals surface area (Å²) in [5.74, 6) is -0.765. The Labute approximate surface area is 127 Å². The van der Waals surface area contributed by atoms with E-state index in [-0.39, 0.29) is 28.1 Å². The molecule has 0 saturated carbocycles. The lowest BCUT2D eigenvalue weighted by atomic mass is 10.1. The van der Waals surface area contributed by atoms with Crippen molar-refractivity contribution in [2.75, 3.05) is 6.61 Å². The van der Waals surface area contributed by atoms with Crippen molar-refractivity contribution in [2.24, 2.45) is 0 Å². The van der Waals surface area contributed by atoms with Crippen LogP contribution < -0.4 is 4.74 Å². The van der Waals surface area contributed by atoms with Crippen LogP contribution in [-0.2, 0) is 0 Å². The van der Waals surface area contributed by atoms with Crippen LogP contribution in [0.2, 0.25) is 0 Å². The van der Waals surface area contributed by atoms with E-state index in [9.17, 15) is 19.3 Å². The predicted octanol–water partition coefficient (Wildman–Crippen LogP) is 3.76. The van der Waals surface area contributed by atoms with Gasteiger partial charge in [-0.15, -0.1) is 0 Å². The first-order chi connectivity index (χ1) is 9.99. The number of carbonyl (C=O) groups excluding carboxylic acids is 1. The summed E-state index contributed by atoms with van der Waals surface area (Å²) >= 11 is 3.06. The molecular formula is C14H9BrFNO4. The number of rotatable bonds is 5. The van der Waals surface area contributed by atoms with E-state index < -0.39 is 16.5 Å². The van der Waals surface area contributed by atoms with E-state index in [4.69, 9.17) is 4.74 Å². The monoisotopic (exact) mass is 353 g/mol. The number of halogens is 2. The van der Waals surface area contributed by atoms with Gasteiger partial charge in [0.1, 0.15) is 16.0 Å². The fourth-order valence-electron chi connectivity index (χ4n) is 1.64. The standard InChI is InChI=1S/C14H9BrFNO4/c15-14-11(17(19)20)5-2-6-13(14)21-8-12(18)9-3-1-4-10(16)7-9/h1-7H,8H2. The number of Topliss-reactive ketones (excluding diaryl/α,β-unsaturated/α-hetero) is 1. The van der Waals surface area contributed by atoms with Gasteiger partial charge in [-0.25, -0.2) is 4.39 Å². The average Bonchev–Trinajstić information content (AvgIpc) is 2.45. The van der Waals surface area contributed by atoms with Crippen LogP contribution in [0.15, 0.2) is 46.9 Å². The SMILES string of the molecule is O=C(COc1cccc([N+](=O)[O-])c1Br)c1cccc(F)c1. The third-order valence-electron chi connectivity index (χ3n) is 2.64. The summed E-state index contributed by atoms with van der Waals surface area (Å²) < 4.78 is 18.4. The zero-order chi connectivity index (χ0) is 15.4. The molecule has 5 nitrogen and oxygen atoms in total. The molecule has 0 heterocycles. The number of nitro groups is 1. The molecule has 0 fully saturated rings. The molecule has 0 amide bonds. The maximum Gasteiger partial charge on any atom is 0.287 e. The molecule has 0 saturated heterocycles. The predicted molar refractivity (Wildman–Crippen MR) is 77.0 cm³/mol. The number of benzene rings is 2. The van der Waals surface area contributed by atoms with Crippen molar-refractivity contribution in [1.29, 1.82) is 0 Å². The van der Waals surface area contributed by atoms with Crippen LogP contribution in [0.1, 0.15) is 10.4 Å². The molecule has 2 aromatic rings. The number of hydrogen-bond donors (Lipinski definition) is 0. The third kappa shape index (κ3) is 3.63. The third-order valence-corrected chi connectivity index (χ3v) is 3.44. The number of ketones is 1. The molecule has 0 radical (unpaired) electrons. The van der Waals surface area contributed by atoms with Gasteiger partial charge in [-0.2, -0.15) is 0 Å². The van der Waals surface area contributed by atoms with Gasteiger partial charge in [0.15, 0.2) is 12.4 Å². The molecular weight excluding hydrogens is 345 g/mol. The van der Waals surface area contributed by atoms with Crippen molar-refractivity contribution in [3.63, 3.8) is 0 Å². The lowest BCUT2D eigenvalue weighted by Crippen LogP contribution is -2.12. The highest BCUT2D eigenvalue weighted by Crippen LogP contribution is 2.33. The van der Waals surface area contributed by atoms with E-state index in [0.717, 1.165) is 6.07 Å². The van der Waals surface area contributed by atoms with Crippen LogP contribution in [-0.4, -0.2) is 17.3 Å². The highest BCUT2D eigenvalue weighted by atomic mass is 79.9. The maximum atomic E-state index is 13.0. The summed E-state index contributed by atoms with van der Waals surface area (Å²) in [6.45, 7) is -0.344. The first-order valence-electron chi connectivity index (χ1n) is 5.83. The maximum absolute atomic E-state index is 13.0. The second kappa shape index (κ2) is 6.45. The zero-order valence-electron chi connectivity index (χ0n) is 10.6. The van der Waals surface area contributed by atoms with Crippen LogP contribution >= 0.6 is 15.9 Å². The quantitative estimate of drug-likeness (QED) is 0.466. The van der Waals surface area contributed by atoms with E-state index in [1.165, 1.54) is 36.4 Å². The van der Waals surface area contributed by atoms with E-state index in [1.807, 2.05) is 0 Å². The summed E-state index contributed by atoms with van der Waals surface area (Å²) in [5, 5.41) is 10.8. The zero-order valence-corrected chi connectivity index (χ0v) is 12.2. The molecule has 0 bridgehead atoms. The Morgan fingerprint density at radius 2 is 2.00 bits per heavy atom. The van der Waals surface area contributed by atoms with Crippen LogP contribution in [0, 0.1) is 15.9 Å². The molecule has 0 atom stereocenters. The summed E-state index contributed by atoms with van der Waals surface area (Å²) in [4.78, 5) is 22.1. The van der Waals surface area contributed by atoms with Gasteiger partial charge in [-0.05, 0) is 34.1 Å². The first-order valence-corrected chi connectivity index (χ1v) is 6.63. The van der Waals surface area contributed by atoms with Crippen molar-refractivity contribution >= 4 is 27.4 Å². The molecule has 0 N–H and O–H groups in total. The molecule has 0 aliphatic heterocycles. The second-order valence-electron chi connectivity index (χ2n) is 4.07. The molecule has 0 aromatic heterocycles.